The summed E-state index contributed by atoms with van der Waals surface area (Å²) in [6.07, 6.45) is 0. The number of hydrogen-bond acceptors (Lipinski definition) is 3. The molecule has 23 heavy (non-hydrogen) atoms. The number of rotatable bonds is 2. The molecule has 2 aromatic heterocycles. The smallest absolute Gasteiger partial charge is 0.281 e. The highest BCUT2D eigenvalue weighted by Gasteiger charge is 2.20. The van der Waals surface area contributed by atoms with E-state index in [0.717, 1.165) is 26.6 Å². The summed E-state index contributed by atoms with van der Waals surface area (Å²) in [6, 6.07) is 17.6. The van der Waals surface area contributed by atoms with Crippen molar-refractivity contribution in [3.63, 3.8) is 0 Å². The molecule has 0 saturated heterocycles. The van der Waals surface area contributed by atoms with Crippen LogP contribution in [0.4, 0.5) is 0 Å². The Morgan fingerprint density at radius 2 is 1.70 bits per heavy atom. The summed E-state index contributed by atoms with van der Waals surface area (Å²) in [5.41, 5.74) is 3.35. The fourth-order valence-corrected chi connectivity index (χ4v) is 3.85. The summed E-state index contributed by atoms with van der Waals surface area (Å²) in [5.74, 6) is 0. The van der Waals surface area contributed by atoms with Gasteiger partial charge in [-0.3, -0.25) is 9.48 Å². The minimum atomic E-state index is -0.0322. The molecule has 5 heteroatoms. The summed E-state index contributed by atoms with van der Waals surface area (Å²) in [7, 11) is 1.90. The molecule has 4 nitrogen and oxygen atoms in total. The molecule has 0 radical (unpaired) electrons. The maximum absolute atomic E-state index is 13.0. The number of hydrogen-bond donors (Lipinski definition) is 0. The number of benzene rings is 2. The monoisotopic (exact) mass is 321 g/mol. The van der Waals surface area contributed by atoms with Crippen LogP contribution in [-0.2, 0) is 7.05 Å². The van der Waals surface area contributed by atoms with Gasteiger partial charge in [-0.2, -0.15) is 0 Å². The summed E-state index contributed by atoms with van der Waals surface area (Å²) < 4.78 is 4.67. The first-order valence-electron chi connectivity index (χ1n) is 7.37. The van der Waals surface area contributed by atoms with E-state index in [1.54, 1.807) is 16.0 Å². The number of aromatic nitrogens is 3. The first kappa shape index (κ1) is 14.0. The van der Waals surface area contributed by atoms with Crippen LogP contribution in [0.3, 0.4) is 0 Å². The quantitative estimate of drug-likeness (QED) is 0.564. The summed E-state index contributed by atoms with van der Waals surface area (Å²) in [4.78, 5) is 17.6. The normalized spacial score (nSPS) is 11.2. The summed E-state index contributed by atoms with van der Waals surface area (Å²) in [6.45, 7) is 1.96. The Labute approximate surface area is 137 Å². The van der Waals surface area contributed by atoms with Gasteiger partial charge in [0, 0.05) is 12.7 Å². The predicted molar refractivity (Wildman–Crippen MR) is 94.4 cm³/mol. The Morgan fingerprint density at radius 3 is 2.43 bits per heavy atom. The van der Waals surface area contributed by atoms with Gasteiger partial charge in [0.1, 0.15) is 5.01 Å². The van der Waals surface area contributed by atoms with Crippen molar-refractivity contribution in [2.75, 3.05) is 0 Å². The van der Waals surface area contributed by atoms with Gasteiger partial charge in [-0.15, -0.1) is 11.3 Å². The van der Waals surface area contributed by atoms with Crippen LogP contribution in [0.1, 0.15) is 5.69 Å². The molecule has 0 aliphatic heterocycles. The highest BCUT2D eigenvalue weighted by atomic mass is 32.1. The van der Waals surface area contributed by atoms with Crippen LogP contribution in [0.5, 0.6) is 0 Å². The lowest BCUT2D eigenvalue weighted by atomic mass is 10.2. The van der Waals surface area contributed by atoms with E-state index in [4.69, 9.17) is 0 Å². The van der Waals surface area contributed by atoms with Crippen LogP contribution >= 0.6 is 11.3 Å². The van der Waals surface area contributed by atoms with Crippen molar-refractivity contribution in [3.05, 3.63) is 70.6 Å². The van der Waals surface area contributed by atoms with E-state index in [0.29, 0.717) is 5.56 Å². The Morgan fingerprint density at radius 1 is 1.00 bits per heavy atom. The van der Waals surface area contributed by atoms with E-state index < -0.39 is 0 Å². The van der Waals surface area contributed by atoms with Crippen LogP contribution in [0, 0.1) is 6.92 Å². The zero-order valence-corrected chi connectivity index (χ0v) is 13.7. The maximum Gasteiger partial charge on any atom is 0.281 e. The van der Waals surface area contributed by atoms with E-state index in [1.165, 1.54) is 0 Å². The van der Waals surface area contributed by atoms with Crippen molar-refractivity contribution in [2.24, 2.45) is 7.05 Å². The summed E-state index contributed by atoms with van der Waals surface area (Å²) >= 11 is 1.56. The lowest BCUT2D eigenvalue weighted by Crippen LogP contribution is -2.20. The van der Waals surface area contributed by atoms with Gasteiger partial charge in [-0.25, -0.2) is 9.67 Å². The lowest BCUT2D eigenvalue weighted by molar-refractivity contribution is 0.630. The molecule has 4 aromatic rings. The fraction of sp³-hybridized carbons (Fsp3) is 0.111. The molecule has 0 fully saturated rings. The fourth-order valence-electron chi connectivity index (χ4n) is 2.79. The first-order valence-corrected chi connectivity index (χ1v) is 8.18. The molecule has 0 unspecified atom stereocenters. The molecule has 2 heterocycles. The molecule has 0 atom stereocenters. The number of fused-ring (bicyclic) bond motifs is 1. The SMILES string of the molecule is Cc1c(-c2nc3ccccc3s2)c(=O)n(-c2ccccc2)n1C. The van der Waals surface area contributed by atoms with Crippen LogP contribution in [0.15, 0.2) is 59.4 Å². The molecular formula is C18H15N3OS. The maximum atomic E-state index is 13.0. The molecule has 0 spiro atoms. The Kier molecular flexibility index (Phi) is 3.16. The van der Waals surface area contributed by atoms with E-state index >= 15 is 0 Å². The second-order valence-corrected chi connectivity index (χ2v) is 6.45. The van der Waals surface area contributed by atoms with Crippen molar-refractivity contribution in [1.29, 1.82) is 0 Å². The predicted octanol–water partition coefficient (Wildman–Crippen LogP) is 3.76. The summed E-state index contributed by atoms with van der Waals surface area (Å²) in [5, 5.41) is 0.777. The second-order valence-electron chi connectivity index (χ2n) is 5.42. The highest BCUT2D eigenvalue weighted by molar-refractivity contribution is 7.21. The van der Waals surface area contributed by atoms with Gasteiger partial charge in [0.05, 0.1) is 21.5 Å². The topological polar surface area (TPSA) is 39.8 Å². The minimum absolute atomic E-state index is 0.0322. The van der Waals surface area contributed by atoms with Gasteiger partial charge in [-0.1, -0.05) is 30.3 Å². The third-order valence-corrected chi connectivity index (χ3v) is 5.12. The largest absolute Gasteiger partial charge is 0.285 e. The molecular weight excluding hydrogens is 306 g/mol. The molecule has 0 amide bonds. The van der Waals surface area contributed by atoms with Crippen molar-refractivity contribution >= 4 is 21.6 Å². The van der Waals surface area contributed by atoms with Crippen molar-refractivity contribution in [1.82, 2.24) is 14.3 Å². The Hall–Kier alpha value is -2.66. The van der Waals surface area contributed by atoms with E-state index in [1.807, 2.05) is 73.3 Å². The highest BCUT2D eigenvalue weighted by Crippen LogP contribution is 2.30. The van der Waals surface area contributed by atoms with Gasteiger partial charge < -0.3 is 0 Å². The average molecular weight is 321 g/mol. The molecule has 0 N–H and O–H groups in total. The average Bonchev–Trinajstić information content (AvgIpc) is 3.07. The van der Waals surface area contributed by atoms with Gasteiger partial charge in [0.2, 0.25) is 0 Å². The van der Waals surface area contributed by atoms with E-state index in [-0.39, 0.29) is 5.56 Å². The van der Waals surface area contributed by atoms with Crippen LogP contribution in [0.25, 0.3) is 26.5 Å². The third kappa shape index (κ3) is 2.12. The number of para-hydroxylation sites is 2. The van der Waals surface area contributed by atoms with Crippen LogP contribution in [0.2, 0.25) is 0 Å². The van der Waals surface area contributed by atoms with E-state index in [9.17, 15) is 4.79 Å². The standard InChI is InChI=1S/C18H15N3OS/c1-12-16(17-19-14-10-6-7-11-15(14)23-17)18(22)21(20(12)2)13-8-4-3-5-9-13/h3-11H,1-2H3. The van der Waals surface area contributed by atoms with Crippen LogP contribution < -0.4 is 5.56 Å². The van der Waals surface area contributed by atoms with Crippen molar-refractivity contribution in [3.8, 4) is 16.3 Å². The zero-order valence-electron chi connectivity index (χ0n) is 12.9. The Balaban J connectivity index is 1.98. The van der Waals surface area contributed by atoms with Gasteiger partial charge in [-0.05, 0) is 31.2 Å². The molecule has 114 valence electrons. The molecule has 0 saturated carbocycles. The van der Waals surface area contributed by atoms with E-state index in [2.05, 4.69) is 4.98 Å². The zero-order chi connectivity index (χ0) is 16.0. The van der Waals surface area contributed by atoms with Gasteiger partial charge >= 0.3 is 0 Å². The third-order valence-electron chi connectivity index (χ3n) is 4.06. The molecule has 0 aliphatic rings. The van der Waals surface area contributed by atoms with Crippen molar-refractivity contribution < 1.29 is 0 Å². The first-order chi connectivity index (χ1) is 11.2. The van der Waals surface area contributed by atoms with Crippen molar-refractivity contribution in [2.45, 2.75) is 6.92 Å². The second kappa shape index (κ2) is 5.21. The van der Waals surface area contributed by atoms with Gasteiger partial charge in [0.25, 0.3) is 5.56 Å². The molecule has 0 aliphatic carbocycles. The lowest BCUT2D eigenvalue weighted by Gasteiger charge is -2.07. The molecule has 2 aromatic carbocycles. The number of nitrogens with zero attached hydrogens (tertiary/aromatic N) is 3. The molecule has 4 rings (SSSR count). The Bertz CT molecular complexity index is 1020. The number of thiazole rings is 1. The van der Waals surface area contributed by atoms with Crippen LogP contribution in [-0.4, -0.2) is 14.3 Å². The molecule has 0 bridgehead atoms. The van der Waals surface area contributed by atoms with Gasteiger partial charge in [0.15, 0.2) is 0 Å². The minimum Gasteiger partial charge on any atom is -0.285 e.